The quantitative estimate of drug-likeness (QED) is 0.0926. The summed E-state index contributed by atoms with van der Waals surface area (Å²) in [5.41, 5.74) is 33.9. The van der Waals surface area contributed by atoms with Gasteiger partial charge >= 0.3 is 189 Å². The standard InChI is InChI=1S/C17H19.C16H17O.C16H17.2C15H15.5C8H13Si.10ClH.5Zr/c1-12-7-9-14(10-8-12)17-13(2)11-15-5-3-4-6-16(15)17;1-17-16-8-6-12(7-9-16)15-10-13-4-2-3-5-14(13)11-15;1-12-6-8-13(9-7-12)16-10-14-4-2-3-5-15(14)11-16;1-2-6-12(7-3-1)15-10-13-8-4-5-9-14(13)11-15;1-2-6-12(7-3-1)15-11-10-13-8-4-5-9-14(13)15;5*1-9(2,3)8-6-4-5-7-8;;;;;;;;;;;;;;;/h7-11H,3-6H2,1-2H3;6-11H,2-5H2,1H3;6-11H,2-5H2,1H3;2*1-3,6-7,10-11H,4-5,8-9H2;5*4-7H,1-3H3;10*1H;;;;;/q10*-1;;;;;;;;;;;5*+4/p-10. The molecule has 0 N–H and O–H groups in total. The van der Waals surface area contributed by atoms with E-state index in [4.69, 9.17) is 89.9 Å². The fourth-order valence-corrected chi connectivity index (χ4v) is 23.7. The average Bonchev–Trinajstić information content (AvgIpc) is 1.65. The Bertz CT molecular complexity index is 5340. The van der Waals surface area contributed by atoms with Gasteiger partial charge in [0.05, 0.1) is 7.11 Å². The van der Waals surface area contributed by atoms with Crippen molar-refractivity contribution >= 4 is 151 Å². The molecular weight excluding hydrogens is 2400 g/mol. The van der Waals surface area contributed by atoms with Gasteiger partial charge in [-0.2, -0.15) is 183 Å². The molecule has 0 saturated carbocycles. The maximum atomic E-state index is 5.19. The maximum Gasteiger partial charge on any atom is -0.0456 e. The molecule has 1 nitrogen and oxygen atoms in total. The summed E-state index contributed by atoms with van der Waals surface area (Å²) in [6.45, 7) is 42.0. The summed E-state index contributed by atoms with van der Waals surface area (Å²) in [4.78, 5) is 0. The van der Waals surface area contributed by atoms with Crippen molar-refractivity contribution in [2.75, 3.05) is 7.11 Å². The summed E-state index contributed by atoms with van der Waals surface area (Å²) in [7, 11) is 46.1. The van der Waals surface area contributed by atoms with Crippen molar-refractivity contribution in [3.8, 4) is 61.4 Å². The SMILES string of the molecule is COc1ccc(-c2cc3c([cH-]2)CCCC3)cc1.C[Si](C)(C)c1cc[cH-]c1.C[Si](C)(C)c1cc[cH-]c1.C[Si](C)(C)c1cc[cH-]c1.C[Si](C)(C)c1cc[cH-]c1.C[Si](C)(C)c1cc[cH-]c1.Cc1ccc(-c2c(C)[cH-]c3c2CCCC3)cc1.Cc1ccc(-c2cc3c([cH-]2)CCCC3)cc1.[Cl][Zr+2][Cl].[Cl][Zr+2][Cl].[Cl][Zr+2][Cl].[Cl][Zr+2][Cl].[Cl][Zr+2][Cl].c1ccc(-c2c[cH-]c3c2CCCC3)cc1.c1ccc(-c2cc3c([cH-]2)CCCC3)cc1. The molecule has 20 rings (SSSR count). The summed E-state index contributed by atoms with van der Waals surface area (Å²) in [5, 5.41) is 7.79. The van der Waals surface area contributed by atoms with Gasteiger partial charge in [0.2, 0.25) is 0 Å². The van der Waals surface area contributed by atoms with Crippen LogP contribution in [0.15, 0.2) is 309 Å². The summed E-state index contributed by atoms with van der Waals surface area (Å²) in [6, 6.07) is 112. The van der Waals surface area contributed by atoms with Crippen LogP contribution < -0.4 is 30.7 Å². The van der Waals surface area contributed by atoms with Gasteiger partial charge in [0.1, 0.15) is 5.75 Å². The Morgan fingerprint density at radius 3 is 0.814 bits per heavy atom. The van der Waals surface area contributed by atoms with Crippen molar-refractivity contribution in [1.82, 2.24) is 0 Å². The van der Waals surface area contributed by atoms with E-state index in [2.05, 4.69) is 416 Å². The van der Waals surface area contributed by atoms with Crippen LogP contribution in [-0.2, 0) is 168 Å². The van der Waals surface area contributed by atoms with Crippen LogP contribution in [0.4, 0.5) is 0 Å². The Hall–Kier alpha value is -2.20. The molecule has 0 radical (unpaired) electrons. The normalized spacial score (nSPS) is 12.6. The molecule has 0 aromatic heterocycles. The zero-order chi connectivity index (χ0) is 103. The van der Waals surface area contributed by atoms with E-state index in [1.165, 1.54) is 201 Å². The number of rotatable bonds is 11. The van der Waals surface area contributed by atoms with Gasteiger partial charge in [-0.05, 0) is 45.2 Å². The van der Waals surface area contributed by atoms with Gasteiger partial charge in [-0.1, -0.05) is 363 Å². The minimum atomic E-state index is -0.981. The molecule has 0 heterocycles. The van der Waals surface area contributed by atoms with Crippen LogP contribution in [0.25, 0.3) is 55.6 Å². The molecule has 5 aliphatic carbocycles. The molecule has 740 valence electrons. The molecule has 0 atom stereocenters. The second-order valence-electron chi connectivity index (χ2n) is 41.0. The van der Waals surface area contributed by atoms with Gasteiger partial charge in [-0.25, -0.2) is 56.3 Å². The molecule has 0 saturated heterocycles. The van der Waals surface area contributed by atoms with Crippen molar-refractivity contribution in [2.45, 2.75) is 247 Å². The van der Waals surface area contributed by atoms with E-state index in [1.54, 1.807) is 88.7 Å². The second-order valence-corrected chi connectivity index (χ2v) is 85.1. The largest absolute Gasteiger partial charge is 0.188 e. The predicted molar refractivity (Wildman–Crippen MR) is 625 cm³/mol. The van der Waals surface area contributed by atoms with Crippen LogP contribution in [0.5, 0.6) is 5.75 Å². The fraction of sp³-hybridized carbons (Fsp3) is 0.328. The first-order chi connectivity index (χ1) is 66.9. The number of hydrogen-bond acceptors (Lipinski definition) is 1. The summed E-state index contributed by atoms with van der Waals surface area (Å²) in [5.74, 6) is 0.921. The van der Waals surface area contributed by atoms with E-state index in [-0.39, 0.29) is 0 Å². The zero-order valence-corrected chi connectivity index (χ0v) is 111. The predicted octanol–water partition coefficient (Wildman–Crippen LogP) is 37.3. The van der Waals surface area contributed by atoms with Crippen molar-refractivity contribution in [3.63, 3.8) is 0 Å². The first kappa shape index (κ1) is 126. The van der Waals surface area contributed by atoms with E-state index in [1.807, 2.05) is 12.1 Å². The average molecular weight is 2550 g/mol. The molecule has 15 aromatic carbocycles. The third-order valence-corrected chi connectivity index (χ3v) is 35.8. The van der Waals surface area contributed by atoms with Gasteiger partial charge in [0, 0.05) is 40.4 Å². The Labute approximate surface area is 944 Å². The van der Waals surface area contributed by atoms with Gasteiger partial charge in [0.25, 0.3) is 0 Å². The Morgan fingerprint density at radius 2 is 0.529 bits per heavy atom. The molecule has 140 heavy (non-hydrogen) atoms. The first-order valence-corrected chi connectivity index (χ1v) is 98.3. The van der Waals surface area contributed by atoms with Crippen LogP contribution in [0, 0.1) is 20.8 Å². The summed E-state index contributed by atoms with van der Waals surface area (Å²) in [6.07, 6.45) is 26.3. The van der Waals surface area contributed by atoms with Crippen LogP contribution in [0.2, 0.25) is 98.2 Å². The molecule has 0 spiro atoms. The zero-order valence-electron chi connectivity index (χ0n) is 86.3. The molecule has 0 bridgehead atoms. The van der Waals surface area contributed by atoms with Gasteiger partial charge in [-0.15, -0.1) is 62.7 Å². The van der Waals surface area contributed by atoms with Gasteiger partial charge in [-0.3, -0.25) is 0 Å². The number of hydrogen-bond donors (Lipinski definition) is 0. The molecule has 15 aromatic rings. The van der Waals surface area contributed by atoms with Crippen LogP contribution in [0.3, 0.4) is 0 Å². The van der Waals surface area contributed by atoms with E-state index >= 15 is 0 Å². The van der Waals surface area contributed by atoms with Crippen molar-refractivity contribution in [1.29, 1.82) is 0 Å². The van der Waals surface area contributed by atoms with Crippen molar-refractivity contribution < 1.29 is 109 Å². The number of ether oxygens (including phenoxy) is 1. The van der Waals surface area contributed by atoms with E-state index in [0.717, 1.165) is 5.75 Å². The third-order valence-electron chi connectivity index (χ3n) is 25.5. The number of methoxy groups -OCH3 is 1. The molecule has 0 fully saturated rings. The molecule has 5 aliphatic rings. The number of halogens is 10. The monoisotopic (exact) mass is 2530 g/mol. The minimum absolute atomic E-state index is 0.826. The Kier molecular flexibility index (Phi) is 61.9. The maximum absolute atomic E-state index is 5.19. The molecule has 0 unspecified atom stereocenters. The van der Waals surface area contributed by atoms with Gasteiger partial charge in [0.15, 0.2) is 0 Å². The Morgan fingerprint density at radius 1 is 0.264 bits per heavy atom. The smallest absolute Gasteiger partial charge is 0.0456 e. The molecule has 0 aliphatic heterocycles. The van der Waals surface area contributed by atoms with E-state index < -0.39 is 145 Å². The Balaban J connectivity index is 0.000000237. The van der Waals surface area contributed by atoms with E-state index in [0.29, 0.717) is 0 Å². The van der Waals surface area contributed by atoms with Crippen LogP contribution >= 0.6 is 85.1 Å². The second kappa shape index (κ2) is 68.6. The number of benzene rings is 5. The summed E-state index contributed by atoms with van der Waals surface area (Å²) < 4.78 is 5.19. The number of fused-ring (bicyclic) bond motifs is 5. The topological polar surface area (TPSA) is 9.23 Å². The van der Waals surface area contributed by atoms with Crippen LogP contribution in [0.1, 0.15) is 137 Å². The van der Waals surface area contributed by atoms with Crippen LogP contribution in [-0.4, -0.2) is 47.5 Å². The van der Waals surface area contributed by atoms with E-state index in [9.17, 15) is 0 Å². The molecular formula is C119H148Cl10OSi5Zr5. The number of aryl methyl sites for hydroxylation is 11. The first-order valence-electron chi connectivity index (χ1n) is 49.2. The molecule has 0 amide bonds. The van der Waals surface area contributed by atoms with Crippen molar-refractivity contribution in [3.05, 3.63) is 382 Å². The van der Waals surface area contributed by atoms with Crippen molar-refractivity contribution in [2.24, 2.45) is 0 Å². The third kappa shape index (κ3) is 46.3. The minimum Gasteiger partial charge on any atom is -0.188 e. The summed E-state index contributed by atoms with van der Waals surface area (Å²) >= 11 is -4.13. The fourth-order valence-electron chi connectivity index (χ4n) is 17.8. The molecule has 21 heteroatoms. The van der Waals surface area contributed by atoms with Gasteiger partial charge < -0.3 is 4.74 Å².